The lowest BCUT2D eigenvalue weighted by molar-refractivity contribution is 0.0853. The first-order chi connectivity index (χ1) is 15.5. The maximum Gasteiger partial charge on any atom is 0.231 e. The van der Waals surface area contributed by atoms with Crippen LogP contribution in [0, 0.1) is 5.82 Å². The zero-order valence-electron chi connectivity index (χ0n) is 17.4. The summed E-state index contributed by atoms with van der Waals surface area (Å²) in [4.78, 5) is 5.67. The van der Waals surface area contributed by atoms with Crippen molar-refractivity contribution in [2.45, 2.75) is 18.9 Å². The van der Waals surface area contributed by atoms with Gasteiger partial charge in [-0.25, -0.2) is 4.39 Å². The van der Waals surface area contributed by atoms with Gasteiger partial charge in [0.05, 0.1) is 26.1 Å². The molecule has 2 aromatic carbocycles. The highest BCUT2D eigenvalue weighted by Gasteiger charge is 2.33. The number of nitrogens with one attached hydrogen (secondary N) is 1. The first-order valence-electron chi connectivity index (χ1n) is 9.65. The third kappa shape index (κ3) is 4.24. The van der Waals surface area contributed by atoms with E-state index in [0.717, 1.165) is 16.8 Å². The van der Waals surface area contributed by atoms with Gasteiger partial charge in [-0.3, -0.25) is 5.43 Å². The number of ether oxygens (including phenoxy) is 4. The molecule has 11 heteroatoms. The lowest BCUT2D eigenvalue weighted by atomic mass is 9.95. The summed E-state index contributed by atoms with van der Waals surface area (Å²) in [6, 6.07) is 6.12. The Kier molecular flexibility index (Phi) is 6.26. The Labute approximate surface area is 188 Å². The van der Waals surface area contributed by atoms with E-state index in [2.05, 4.69) is 15.7 Å². The van der Waals surface area contributed by atoms with E-state index in [1.807, 2.05) is 0 Å². The standard InChI is InChI=1S/C21H21FN4O5S/c1-27-17-14(7-13-8-16(26-31-13)11-3-5-12(22)6-4-11)15(9-24-25-21(23)32)18(28-2)20-19(17)29-10-30-20/h3-6,9,13H,7-8,10H2,1-2H3,(H3,23,25,32)/b24-9+/t13-/m1/s1. The molecule has 2 aliphatic rings. The first-order valence-corrected chi connectivity index (χ1v) is 10.1. The van der Waals surface area contributed by atoms with Crippen LogP contribution in [0.15, 0.2) is 34.5 Å². The fourth-order valence-corrected chi connectivity index (χ4v) is 3.68. The van der Waals surface area contributed by atoms with E-state index in [9.17, 15) is 4.39 Å². The molecule has 3 N–H and O–H groups in total. The SMILES string of the molecule is COc1c(/C=N/NC(N)=S)c(C[C@@H]2CC(c3ccc(F)cc3)=NO2)c(OC)c2c1OCO2. The number of hydrogen-bond donors (Lipinski definition) is 2. The number of hydrogen-bond acceptors (Lipinski definition) is 8. The summed E-state index contributed by atoms with van der Waals surface area (Å²) >= 11 is 4.81. The van der Waals surface area contributed by atoms with Gasteiger partial charge in [-0.2, -0.15) is 5.10 Å². The Morgan fingerprint density at radius 3 is 2.59 bits per heavy atom. The molecule has 0 amide bonds. The monoisotopic (exact) mass is 460 g/mol. The molecule has 0 aromatic heterocycles. The molecule has 2 aromatic rings. The molecule has 0 aliphatic carbocycles. The van der Waals surface area contributed by atoms with Gasteiger partial charge in [-0.05, 0) is 29.9 Å². The smallest absolute Gasteiger partial charge is 0.231 e. The van der Waals surface area contributed by atoms with Crippen LogP contribution < -0.4 is 30.1 Å². The maximum absolute atomic E-state index is 13.2. The number of benzene rings is 2. The van der Waals surface area contributed by atoms with Gasteiger partial charge < -0.3 is 29.5 Å². The molecule has 0 saturated heterocycles. The van der Waals surface area contributed by atoms with Crippen molar-refractivity contribution < 1.29 is 28.2 Å². The number of halogens is 1. The van der Waals surface area contributed by atoms with Gasteiger partial charge >= 0.3 is 0 Å². The normalized spacial score (nSPS) is 16.6. The van der Waals surface area contributed by atoms with E-state index in [4.69, 9.17) is 41.7 Å². The van der Waals surface area contributed by atoms with Crippen molar-refractivity contribution in [1.82, 2.24) is 5.43 Å². The molecule has 2 heterocycles. The molecule has 9 nitrogen and oxygen atoms in total. The topological polar surface area (TPSA) is 109 Å². The van der Waals surface area contributed by atoms with Crippen LogP contribution >= 0.6 is 12.2 Å². The minimum absolute atomic E-state index is 0.0194. The molecule has 0 fully saturated rings. The van der Waals surface area contributed by atoms with Crippen molar-refractivity contribution in [3.05, 3.63) is 46.8 Å². The second kappa shape index (κ2) is 9.27. The molecule has 0 saturated carbocycles. The zero-order chi connectivity index (χ0) is 22.7. The fourth-order valence-electron chi connectivity index (χ4n) is 3.63. The van der Waals surface area contributed by atoms with Gasteiger partial charge in [-0.15, -0.1) is 0 Å². The summed E-state index contributed by atoms with van der Waals surface area (Å²) < 4.78 is 35.7. The molecule has 1 atom stereocenters. The second-order valence-corrected chi connectivity index (χ2v) is 7.38. The van der Waals surface area contributed by atoms with E-state index in [1.165, 1.54) is 32.6 Å². The fraction of sp³-hybridized carbons (Fsp3) is 0.286. The predicted molar refractivity (Wildman–Crippen MR) is 119 cm³/mol. The Hall–Kier alpha value is -3.60. The average molecular weight is 460 g/mol. The largest absolute Gasteiger partial charge is 0.492 e. The van der Waals surface area contributed by atoms with E-state index >= 15 is 0 Å². The summed E-state index contributed by atoms with van der Waals surface area (Å²) in [5.74, 6) is 1.46. The van der Waals surface area contributed by atoms with E-state index in [-0.39, 0.29) is 23.8 Å². The molecular formula is C21H21FN4O5S. The summed E-state index contributed by atoms with van der Waals surface area (Å²) in [7, 11) is 3.06. The van der Waals surface area contributed by atoms with Crippen LogP contribution in [0.5, 0.6) is 23.0 Å². The Bertz CT molecular complexity index is 1090. The number of thiocarbonyl (C=S) groups is 1. The summed E-state index contributed by atoms with van der Waals surface area (Å²) in [5.41, 5.74) is 10.8. The highest BCUT2D eigenvalue weighted by atomic mass is 32.1. The molecule has 32 heavy (non-hydrogen) atoms. The van der Waals surface area contributed by atoms with Gasteiger partial charge in [0.1, 0.15) is 11.9 Å². The molecule has 0 radical (unpaired) electrons. The predicted octanol–water partition coefficient (Wildman–Crippen LogP) is 2.47. The second-order valence-electron chi connectivity index (χ2n) is 6.94. The minimum Gasteiger partial charge on any atom is -0.492 e. The third-order valence-corrected chi connectivity index (χ3v) is 5.08. The molecular weight excluding hydrogens is 439 g/mol. The summed E-state index contributed by atoms with van der Waals surface area (Å²) in [6.45, 7) is 0.0327. The van der Waals surface area contributed by atoms with Crippen molar-refractivity contribution in [1.29, 1.82) is 0 Å². The summed E-state index contributed by atoms with van der Waals surface area (Å²) in [6.07, 6.45) is 2.14. The quantitative estimate of drug-likeness (QED) is 0.369. The van der Waals surface area contributed by atoms with Crippen molar-refractivity contribution in [2.24, 2.45) is 16.0 Å². The number of methoxy groups -OCH3 is 2. The molecule has 4 rings (SSSR count). The van der Waals surface area contributed by atoms with E-state index < -0.39 is 0 Å². The highest BCUT2D eigenvalue weighted by Crippen LogP contribution is 2.52. The van der Waals surface area contributed by atoms with E-state index in [0.29, 0.717) is 41.4 Å². The van der Waals surface area contributed by atoms with E-state index in [1.54, 1.807) is 12.1 Å². The lowest BCUT2D eigenvalue weighted by Crippen LogP contribution is -2.24. The van der Waals surface area contributed by atoms with Crippen LogP contribution in [-0.4, -0.2) is 44.2 Å². The van der Waals surface area contributed by atoms with Crippen molar-refractivity contribution in [3.63, 3.8) is 0 Å². The van der Waals surface area contributed by atoms with Crippen LogP contribution in [0.2, 0.25) is 0 Å². The van der Waals surface area contributed by atoms with Crippen LogP contribution in [0.4, 0.5) is 4.39 Å². The average Bonchev–Trinajstić information content (AvgIpc) is 3.44. The van der Waals surface area contributed by atoms with Gasteiger partial charge in [0, 0.05) is 24.0 Å². The van der Waals surface area contributed by atoms with Crippen LogP contribution in [0.1, 0.15) is 23.1 Å². The third-order valence-electron chi connectivity index (χ3n) is 4.99. The molecule has 2 aliphatic heterocycles. The number of fused-ring (bicyclic) bond motifs is 1. The summed E-state index contributed by atoms with van der Waals surface area (Å²) in [5, 5.41) is 8.28. The van der Waals surface area contributed by atoms with Crippen LogP contribution in [-0.2, 0) is 11.3 Å². The number of oxime groups is 1. The molecule has 168 valence electrons. The van der Waals surface area contributed by atoms with Gasteiger partial charge in [0.25, 0.3) is 0 Å². The maximum atomic E-state index is 13.2. The first kappa shape index (κ1) is 21.6. The number of nitrogens with two attached hydrogens (primary N) is 1. The number of nitrogens with zero attached hydrogens (tertiary/aromatic N) is 2. The lowest BCUT2D eigenvalue weighted by Gasteiger charge is -2.19. The van der Waals surface area contributed by atoms with Gasteiger partial charge in [0.15, 0.2) is 16.6 Å². The minimum atomic E-state index is -0.309. The Morgan fingerprint density at radius 1 is 1.25 bits per heavy atom. The highest BCUT2D eigenvalue weighted by molar-refractivity contribution is 7.80. The van der Waals surface area contributed by atoms with Crippen LogP contribution in [0.3, 0.4) is 0 Å². The molecule has 0 spiro atoms. The van der Waals surface area contributed by atoms with Crippen LogP contribution in [0.25, 0.3) is 0 Å². The Balaban J connectivity index is 1.67. The van der Waals surface area contributed by atoms with Crippen molar-refractivity contribution >= 4 is 29.3 Å². The zero-order valence-corrected chi connectivity index (χ0v) is 18.2. The van der Waals surface area contributed by atoms with Crippen molar-refractivity contribution in [2.75, 3.05) is 21.0 Å². The Morgan fingerprint density at radius 2 is 1.94 bits per heavy atom. The number of rotatable bonds is 7. The molecule has 0 bridgehead atoms. The molecule has 0 unspecified atom stereocenters. The van der Waals surface area contributed by atoms with Crippen molar-refractivity contribution in [3.8, 4) is 23.0 Å². The van der Waals surface area contributed by atoms with Gasteiger partial charge in [0.2, 0.25) is 18.3 Å². The van der Waals surface area contributed by atoms with Gasteiger partial charge in [-0.1, -0.05) is 17.3 Å². The number of hydrazone groups is 1.